The fourth-order valence-electron chi connectivity index (χ4n) is 1.33. The molecule has 84 valence electrons. The molecule has 0 saturated heterocycles. The molecule has 16 heavy (non-hydrogen) atoms. The highest BCUT2D eigenvalue weighted by Crippen LogP contribution is 2.03. The zero-order valence-electron chi connectivity index (χ0n) is 8.77. The van der Waals surface area contributed by atoms with Gasteiger partial charge in [0.1, 0.15) is 11.0 Å². The fourth-order valence-corrected chi connectivity index (χ4v) is 1.54. The zero-order chi connectivity index (χ0) is 11.7. The molecule has 2 aromatic heterocycles. The maximum absolute atomic E-state index is 11.6. The van der Waals surface area contributed by atoms with E-state index in [2.05, 4.69) is 15.1 Å². The lowest BCUT2D eigenvalue weighted by molar-refractivity contribution is 0.385. The van der Waals surface area contributed by atoms with Crippen LogP contribution in [-0.4, -0.2) is 19.7 Å². The Balaban J connectivity index is 2.38. The van der Waals surface area contributed by atoms with E-state index >= 15 is 0 Å². The van der Waals surface area contributed by atoms with E-state index in [0.29, 0.717) is 17.5 Å². The number of hydrogen-bond acceptors (Lipinski definition) is 5. The molecule has 0 radical (unpaired) electrons. The van der Waals surface area contributed by atoms with Gasteiger partial charge in [-0.3, -0.25) is 9.36 Å². The van der Waals surface area contributed by atoms with E-state index in [0.717, 1.165) is 0 Å². The van der Waals surface area contributed by atoms with Crippen molar-refractivity contribution in [3.8, 4) is 0 Å². The summed E-state index contributed by atoms with van der Waals surface area (Å²) in [6.45, 7) is 3.61. The Morgan fingerprint density at radius 1 is 1.44 bits per heavy atom. The molecular weight excluding hydrogens is 232 g/mol. The second-order valence-corrected chi connectivity index (χ2v) is 3.67. The van der Waals surface area contributed by atoms with Crippen molar-refractivity contribution >= 4 is 11.6 Å². The summed E-state index contributed by atoms with van der Waals surface area (Å²) in [5, 5.41) is 3.89. The van der Waals surface area contributed by atoms with Crippen LogP contribution in [-0.2, 0) is 6.54 Å². The van der Waals surface area contributed by atoms with Crippen LogP contribution in [0.4, 0.5) is 0 Å². The molecule has 0 aromatic carbocycles. The first-order valence-electron chi connectivity index (χ1n) is 4.59. The predicted octanol–water partition coefficient (Wildman–Crippen LogP) is 0.945. The molecule has 0 amide bonds. The Morgan fingerprint density at radius 2 is 2.19 bits per heavy atom. The summed E-state index contributed by atoms with van der Waals surface area (Å²) in [6, 6.07) is 1.25. The van der Waals surface area contributed by atoms with Crippen molar-refractivity contribution in [1.29, 1.82) is 0 Å². The van der Waals surface area contributed by atoms with Gasteiger partial charge >= 0.3 is 0 Å². The van der Waals surface area contributed by atoms with Crippen LogP contribution in [0.3, 0.4) is 0 Å². The van der Waals surface area contributed by atoms with Crippen LogP contribution in [0.5, 0.6) is 0 Å². The number of halogens is 1. The van der Waals surface area contributed by atoms with Crippen molar-refractivity contribution in [1.82, 2.24) is 19.7 Å². The van der Waals surface area contributed by atoms with Gasteiger partial charge in [-0.05, 0) is 6.92 Å². The standard InChI is InChI=1S/C9H9ClN4O2/c1-5-11-7(10)3-9(15)14(5)4-8-12-6(2)16-13-8/h3H,4H2,1-2H3. The second kappa shape index (κ2) is 4.05. The monoisotopic (exact) mass is 240 g/mol. The second-order valence-electron chi connectivity index (χ2n) is 3.28. The van der Waals surface area contributed by atoms with E-state index in [1.54, 1.807) is 13.8 Å². The summed E-state index contributed by atoms with van der Waals surface area (Å²) in [7, 11) is 0. The van der Waals surface area contributed by atoms with Gasteiger partial charge in [0.2, 0.25) is 5.89 Å². The van der Waals surface area contributed by atoms with Gasteiger partial charge in [-0.25, -0.2) is 4.98 Å². The zero-order valence-corrected chi connectivity index (χ0v) is 9.52. The maximum atomic E-state index is 11.6. The molecule has 2 rings (SSSR count). The van der Waals surface area contributed by atoms with Crippen LogP contribution in [0.1, 0.15) is 17.5 Å². The van der Waals surface area contributed by atoms with Crippen molar-refractivity contribution in [2.45, 2.75) is 20.4 Å². The third-order valence-corrected chi connectivity index (χ3v) is 2.23. The third kappa shape index (κ3) is 2.11. The van der Waals surface area contributed by atoms with Gasteiger partial charge in [-0.2, -0.15) is 4.98 Å². The molecule has 0 spiro atoms. The summed E-state index contributed by atoms with van der Waals surface area (Å²) in [6.07, 6.45) is 0. The lowest BCUT2D eigenvalue weighted by atomic mass is 10.5. The highest BCUT2D eigenvalue weighted by Gasteiger charge is 2.08. The van der Waals surface area contributed by atoms with E-state index in [9.17, 15) is 4.79 Å². The minimum atomic E-state index is -0.236. The quantitative estimate of drug-likeness (QED) is 0.731. The van der Waals surface area contributed by atoms with Crippen LogP contribution in [0.2, 0.25) is 5.15 Å². The number of nitrogens with zero attached hydrogens (tertiary/aromatic N) is 4. The summed E-state index contributed by atoms with van der Waals surface area (Å²) >= 11 is 5.66. The van der Waals surface area contributed by atoms with Gasteiger partial charge in [0, 0.05) is 13.0 Å². The first kappa shape index (κ1) is 10.8. The molecule has 0 N–H and O–H groups in total. The Kier molecular flexibility index (Phi) is 2.74. The molecule has 0 aliphatic carbocycles. The Labute approximate surface area is 95.9 Å². The molecule has 0 aliphatic heterocycles. The van der Waals surface area contributed by atoms with Gasteiger partial charge in [0.25, 0.3) is 5.56 Å². The smallest absolute Gasteiger partial charge is 0.255 e. The first-order chi connectivity index (χ1) is 7.56. The molecule has 0 unspecified atom stereocenters. The average molecular weight is 241 g/mol. The van der Waals surface area contributed by atoms with Gasteiger partial charge in [0.05, 0.1) is 6.54 Å². The van der Waals surface area contributed by atoms with Crippen molar-refractivity contribution in [3.63, 3.8) is 0 Å². The normalized spacial score (nSPS) is 10.7. The van der Waals surface area contributed by atoms with E-state index in [1.165, 1.54) is 10.6 Å². The summed E-state index contributed by atoms with van der Waals surface area (Å²) in [5.74, 6) is 1.41. The van der Waals surface area contributed by atoms with Gasteiger partial charge in [-0.1, -0.05) is 16.8 Å². The molecule has 0 bridgehead atoms. The van der Waals surface area contributed by atoms with Crippen LogP contribution >= 0.6 is 11.6 Å². The largest absolute Gasteiger partial charge is 0.340 e. The molecule has 0 fully saturated rings. The summed E-state index contributed by atoms with van der Waals surface area (Å²) in [4.78, 5) is 19.6. The number of aromatic nitrogens is 4. The molecular formula is C9H9ClN4O2. The average Bonchev–Trinajstić information content (AvgIpc) is 2.58. The van der Waals surface area contributed by atoms with Crippen LogP contribution in [0, 0.1) is 13.8 Å². The number of aryl methyl sites for hydroxylation is 2. The van der Waals surface area contributed by atoms with E-state index in [4.69, 9.17) is 16.1 Å². The highest BCUT2D eigenvalue weighted by atomic mass is 35.5. The minimum Gasteiger partial charge on any atom is -0.340 e. The van der Waals surface area contributed by atoms with Gasteiger partial charge in [0.15, 0.2) is 5.82 Å². The van der Waals surface area contributed by atoms with Crippen molar-refractivity contribution in [3.05, 3.63) is 39.1 Å². The molecule has 6 nitrogen and oxygen atoms in total. The lowest BCUT2D eigenvalue weighted by Crippen LogP contribution is -2.23. The topological polar surface area (TPSA) is 73.8 Å². The SMILES string of the molecule is Cc1nc(Cn2c(C)nc(Cl)cc2=O)no1. The molecule has 2 aromatic rings. The molecule has 7 heteroatoms. The fraction of sp³-hybridized carbons (Fsp3) is 0.333. The van der Waals surface area contributed by atoms with Crippen molar-refractivity contribution in [2.75, 3.05) is 0 Å². The highest BCUT2D eigenvalue weighted by molar-refractivity contribution is 6.29. The number of hydrogen-bond donors (Lipinski definition) is 0. The van der Waals surface area contributed by atoms with Gasteiger partial charge < -0.3 is 4.52 Å². The molecule has 0 atom stereocenters. The van der Waals surface area contributed by atoms with Crippen molar-refractivity contribution < 1.29 is 4.52 Å². The third-order valence-electron chi connectivity index (χ3n) is 2.04. The van der Waals surface area contributed by atoms with E-state index in [1.807, 2.05) is 0 Å². The Morgan fingerprint density at radius 3 is 2.75 bits per heavy atom. The van der Waals surface area contributed by atoms with Gasteiger partial charge in [-0.15, -0.1) is 0 Å². The molecule has 2 heterocycles. The van der Waals surface area contributed by atoms with Crippen LogP contribution in [0.15, 0.2) is 15.4 Å². The molecule has 0 aliphatic rings. The first-order valence-corrected chi connectivity index (χ1v) is 4.97. The van der Waals surface area contributed by atoms with E-state index < -0.39 is 0 Å². The lowest BCUT2D eigenvalue weighted by Gasteiger charge is -2.05. The maximum Gasteiger partial charge on any atom is 0.255 e. The Bertz CT molecular complexity index is 575. The summed E-state index contributed by atoms with van der Waals surface area (Å²) in [5.41, 5.74) is -0.236. The minimum absolute atomic E-state index is 0.183. The van der Waals surface area contributed by atoms with Crippen LogP contribution in [0.25, 0.3) is 0 Å². The molecule has 0 saturated carbocycles. The van der Waals surface area contributed by atoms with Crippen molar-refractivity contribution in [2.24, 2.45) is 0 Å². The van der Waals surface area contributed by atoms with E-state index in [-0.39, 0.29) is 17.3 Å². The number of rotatable bonds is 2. The van der Waals surface area contributed by atoms with Crippen LogP contribution < -0.4 is 5.56 Å². The Hall–Kier alpha value is -1.69. The predicted molar refractivity (Wildman–Crippen MR) is 56.4 cm³/mol. The summed E-state index contributed by atoms with van der Waals surface area (Å²) < 4.78 is 6.24.